The van der Waals surface area contributed by atoms with Crippen molar-refractivity contribution >= 4 is 17.9 Å². The van der Waals surface area contributed by atoms with E-state index in [4.69, 9.17) is 14.2 Å². The molecule has 0 aromatic heterocycles. The minimum absolute atomic E-state index is 0.0873. The number of unbranched alkanes of at least 4 members (excludes halogenated alkanes) is 36. The summed E-state index contributed by atoms with van der Waals surface area (Å²) >= 11 is 0. The van der Waals surface area contributed by atoms with Crippen LogP contribution >= 0.6 is 0 Å². The Hall–Kier alpha value is -3.67. The third kappa shape index (κ3) is 67.0. The highest BCUT2D eigenvalue weighted by atomic mass is 16.6. The fourth-order valence-electron chi connectivity index (χ4n) is 9.88. The lowest BCUT2D eigenvalue weighted by Gasteiger charge is -2.18. The third-order valence-electron chi connectivity index (χ3n) is 15.1. The van der Waals surface area contributed by atoms with Gasteiger partial charge in [-0.05, 0) is 96.3 Å². The quantitative estimate of drug-likeness (QED) is 0.0261. The van der Waals surface area contributed by atoms with Gasteiger partial charge in [0.1, 0.15) is 13.2 Å². The second-order valence-corrected chi connectivity index (χ2v) is 23.1. The first-order chi connectivity index (χ1) is 40.0. The van der Waals surface area contributed by atoms with Gasteiger partial charge in [-0.15, -0.1) is 0 Å². The topological polar surface area (TPSA) is 78.9 Å². The van der Waals surface area contributed by atoms with Crippen LogP contribution in [0.15, 0.2) is 97.2 Å². The molecule has 6 nitrogen and oxygen atoms in total. The van der Waals surface area contributed by atoms with E-state index in [9.17, 15) is 14.4 Å². The molecule has 1 unspecified atom stereocenters. The number of carbonyl (C=O) groups excluding carboxylic acids is 3. The van der Waals surface area contributed by atoms with Gasteiger partial charge in [0.05, 0.1) is 0 Å². The minimum Gasteiger partial charge on any atom is -0.462 e. The molecule has 0 aromatic rings. The molecule has 0 bridgehead atoms. The van der Waals surface area contributed by atoms with Gasteiger partial charge in [0.2, 0.25) is 0 Å². The van der Waals surface area contributed by atoms with Crippen molar-refractivity contribution in [1.29, 1.82) is 0 Å². The van der Waals surface area contributed by atoms with E-state index in [1.165, 1.54) is 167 Å². The predicted molar refractivity (Wildman–Crippen MR) is 353 cm³/mol. The number of rotatable bonds is 63. The molecule has 0 saturated heterocycles. The smallest absolute Gasteiger partial charge is 0.306 e. The maximum Gasteiger partial charge on any atom is 0.306 e. The van der Waals surface area contributed by atoms with E-state index in [0.717, 1.165) is 135 Å². The van der Waals surface area contributed by atoms with Crippen molar-refractivity contribution in [2.24, 2.45) is 0 Å². The molecule has 0 amide bonds. The summed E-state index contributed by atoms with van der Waals surface area (Å²) in [5.41, 5.74) is 0. The fourth-order valence-corrected chi connectivity index (χ4v) is 9.88. The van der Waals surface area contributed by atoms with Gasteiger partial charge >= 0.3 is 17.9 Å². The van der Waals surface area contributed by atoms with Crippen molar-refractivity contribution in [3.05, 3.63) is 97.2 Å². The summed E-state index contributed by atoms with van der Waals surface area (Å²) in [6.07, 6.45) is 92.8. The average Bonchev–Trinajstić information content (AvgIpc) is 3.47. The van der Waals surface area contributed by atoms with Crippen LogP contribution < -0.4 is 0 Å². The maximum atomic E-state index is 13.0. The van der Waals surface area contributed by atoms with E-state index >= 15 is 0 Å². The van der Waals surface area contributed by atoms with Crippen LogP contribution in [-0.4, -0.2) is 37.2 Å². The predicted octanol–water partition coefficient (Wildman–Crippen LogP) is 24.0. The number of ether oxygens (including phenoxy) is 3. The van der Waals surface area contributed by atoms with Crippen LogP contribution in [0.5, 0.6) is 0 Å². The van der Waals surface area contributed by atoms with Crippen molar-refractivity contribution in [2.75, 3.05) is 13.2 Å². The highest BCUT2D eigenvalue weighted by molar-refractivity contribution is 5.71. The Balaban J connectivity index is 4.34. The minimum atomic E-state index is -0.791. The number of carbonyl (C=O) groups is 3. The molecule has 0 rings (SSSR count). The molecule has 0 aliphatic carbocycles. The van der Waals surface area contributed by atoms with Gasteiger partial charge in [-0.2, -0.15) is 0 Å². The van der Waals surface area contributed by atoms with Crippen molar-refractivity contribution in [2.45, 2.75) is 348 Å². The lowest BCUT2D eigenvalue weighted by atomic mass is 10.0. The SMILES string of the molecule is CC/C=C\C/C=C\C/C=C\C/C=C\C/C=C\C/C=C\CCCCCCCCC(=O)OCC(COC(=O)CCCCCCC/C=C\C/C=C\CCCC)OC(=O)CCCCCCCCCCCCCCCCCCCCCCCCCC. The van der Waals surface area contributed by atoms with Crippen LogP contribution in [0.25, 0.3) is 0 Å². The lowest BCUT2D eigenvalue weighted by molar-refractivity contribution is -0.167. The van der Waals surface area contributed by atoms with Crippen LogP contribution in [0.4, 0.5) is 0 Å². The van der Waals surface area contributed by atoms with Crippen LogP contribution in [0.1, 0.15) is 342 Å². The largest absolute Gasteiger partial charge is 0.462 e. The highest BCUT2D eigenvalue weighted by Gasteiger charge is 2.19. The van der Waals surface area contributed by atoms with Crippen LogP contribution in [0.3, 0.4) is 0 Å². The Labute approximate surface area is 502 Å². The summed E-state index contributed by atoms with van der Waals surface area (Å²) in [5.74, 6) is -0.899. The Morgan fingerprint density at radius 1 is 0.259 bits per heavy atom. The molecule has 0 N–H and O–H groups in total. The van der Waals surface area contributed by atoms with E-state index in [-0.39, 0.29) is 31.1 Å². The molecular formula is C75H130O6. The average molecular weight is 1130 g/mol. The molecule has 1 atom stereocenters. The molecule has 0 aliphatic rings. The number of hydrogen-bond acceptors (Lipinski definition) is 6. The van der Waals surface area contributed by atoms with Crippen molar-refractivity contribution < 1.29 is 28.6 Å². The highest BCUT2D eigenvalue weighted by Crippen LogP contribution is 2.17. The van der Waals surface area contributed by atoms with Gasteiger partial charge in [-0.25, -0.2) is 0 Å². The van der Waals surface area contributed by atoms with E-state index in [1.807, 2.05) is 0 Å². The number of allylic oxidation sites excluding steroid dienone is 16. The first-order valence-electron chi connectivity index (χ1n) is 34.7. The molecule has 0 fully saturated rings. The summed E-state index contributed by atoms with van der Waals surface area (Å²) in [7, 11) is 0. The molecule has 0 saturated carbocycles. The first kappa shape index (κ1) is 77.3. The summed E-state index contributed by atoms with van der Waals surface area (Å²) in [4.78, 5) is 38.4. The fraction of sp³-hybridized carbons (Fsp3) is 0.747. The Morgan fingerprint density at radius 3 is 0.790 bits per heavy atom. The lowest BCUT2D eigenvalue weighted by Crippen LogP contribution is -2.30. The van der Waals surface area contributed by atoms with Crippen molar-refractivity contribution in [1.82, 2.24) is 0 Å². The zero-order valence-electron chi connectivity index (χ0n) is 53.5. The van der Waals surface area contributed by atoms with E-state index in [0.29, 0.717) is 19.3 Å². The standard InChI is InChI=1S/C75H130O6/c1-4-7-10-13-16-19-22-25-28-30-32-34-36-38-40-41-43-45-47-50-53-56-59-62-65-68-74(77)80-71-72(70-79-73(76)67-64-61-58-55-52-49-27-24-21-18-15-12-9-6-3)81-75(78)69-66-63-60-57-54-51-48-46-44-42-39-37-35-33-31-29-26-23-20-17-14-11-8-5-2/h7,10,15-16,18-19,24-25,27-28,32,34,38,40,43,45,72H,4-6,8-9,11-14,17,20-23,26,29-31,33,35-37,39,41-42,44,46-71H2,1-3H3/b10-7-,18-15-,19-16-,27-24-,28-25-,34-32-,40-38-,45-43-. The van der Waals surface area contributed by atoms with Gasteiger partial charge in [0.15, 0.2) is 6.10 Å². The first-order valence-corrected chi connectivity index (χ1v) is 34.7. The van der Waals surface area contributed by atoms with E-state index in [2.05, 4.69) is 118 Å². The van der Waals surface area contributed by atoms with Crippen molar-refractivity contribution in [3.8, 4) is 0 Å². The molecule has 0 heterocycles. The Kier molecular flexibility index (Phi) is 65.7. The summed E-state index contributed by atoms with van der Waals surface area (Å²) in [6.45, 7) is 6.51. The summed E-state index contributed by atoms with van der Waals surface area (Å²) in [5, 5.41) is 0. The monoisotopic (exact) mass is 1130 g/mol. The maximum absolute atomic E-state index is 13.0. The van der Waals surface area contributed by atoms with Crippen LogP contribution in [-0.2, 0) is 28.6 Å². The number of hydrogen-bond donors (Lipinski definition) is 0. The van der Waals surface area contributed by atoms with Gasteiger partial charge in [-0.1, -0.05) is 323 Å². The second kappa shape index (κ2) is 68.8. The molecule has 0 aromatic carbocycles. The molecule has 6 heteroatoms. The Bertz CT molecular complexity index is 1580. The van der Waals surface area contributed by atoms with Crippen LogP contribution in [0.2, 0.25) is 0 Å². The van der Waals surface area contributed by atoms with E-state index in [1.54, 1.807) is 0 Å². The van der Waals surface area contributed by atoms with Gasteiger partial charge < -0.3 is 14.2 Å². The molecule has 0 radical (unpaired) electrons. The molecule has 466 valence electrons. The zero-order valence-corrected chi connectivity index (χ0v) is 53.5. The molecule has 0 spiro atoms. The summed E-state index contributed by atoms with van der Waals surface area (Å²) in [6, 6.07) is 0. The van der Waals surface area contributed by atoms with E-state index < -0.39 is 6.10 Å². The van der Waals surface area contributed by atoms with Gasteiger partial charge in [-0.3, -0.25) is 14.4 Å². The Morgan fingerprint density at radius 2 is 0.494 bits per heavy atom. The molecular weight excluding hydrogens is 997 g/mol. The number of esters is 3. The zero-order chi connectivity index (χ0) is 58.5. The second-order valence-electron chi connectivity index (χ2n) is 23.1. The van der Waals surface area contributed by atoms with Gasteiger partial charge in [0.25, 0.3) is 0 Å². The molecule has 0 aliphatic heterocycles. The van der Waals surface area contributed by atoms with Crippen LogP contribution in [0, 0.1) is 0 Å². The van der Waals surface area contributed by atoms with Gasteiger partial charge in [0, 0.05) is 19.3 Å². The summed E-state index contributed by atoms with van der Waals surface area (Å²) < 4.78 is 17.0. The third-order valence-corrected chi connectivity index (χ3v) is 15.1. The molecule has 81 heavy (non-hydrogen) atoms. The normalized spacial score (nSPS) is 12.7. The van der Waals surface area contributed by atoms with Crippen molar-refractivity contribution in [3.63, 3.8) is 0 Å².